The highest BCUT2D eigenvalue weighted by Gasteiger charge is 2.31. The summed E-state index contributed by atoms with van der Waals surface area (Å²) < 4.78 is 79.5. The van der Waals surface area contributed by atoms with E-state index in [-0.39, 0.29) is 10.7 Å². The first kappa shape index (κ1) is 17.4. The number of sulfonamides is 1. The molecule has 0 saturated heterocycles. The molecule has 0 aromatic heterocycles. The summed E-state index contributed by atoms with van der Waals surface area (Å²) in [6, 6.07) is 6.77. The maximum atomic E-state index is 12.9. The number of rotatable bonds is 4. The zero-order chi connectivity index (χ0) is 17.3. The second-order valence-corrected chi connectivity index (χ2v) is 6.34. The Morgan fingerprint density at radius 3 is 2.39 bits per heavy atom. The first-order valence-electron chi connectivity index (χ1n) is 5.90. The molecular formula is C13H8ClF4NO3S. The summed E-state index contributed by atoms with van der Waals surface area (Å²) in [5.41, 5.74) is -0.116. The minimum Gasteiger partial charge on any atom is -0.406 e. The van der Waals surface area contributed by atoms with Gasteiger partial charge >= 0.3 is 6.36 Å². The van der Waals surface area contributed by atoms with Crippen LogP contribution in [0.5, 0.6) is 5.75 Å². The Balaban J connectivity index is 2.31. The SMILES string of the molecule is O=S(=O)(Nc1ccc(F)cc1Cl)c1cccc(OC(F)(F)F)c1. The van der Waals surface area contributed by atoms with Gasteiger partial charge in [0, 0.05) is 6.07 Å². The average molecular weight is 370 g/mol. The van der Waals surface area contributed by atoms with Crippen molar-refractivity contribution < 1.29 is 30.7 Å². The summed E-state index contributed by atoms with van der Waals surface area (Å²) in [6.07, 6.45) is -4.95. The first-order valence-corrected chi connectivity index (χ1v) is 7.77. The van der Waals surface area contributed by atoms with Crippen molar-refractivity contribution >= 4 is 27.3 Å². The van der Waals surface area contributed by atoms with Crippen LogP contribution >= 0.6 is 11.6 Å². The molecule has 0 radical (unpaired) electrons. The standard InChI is InChI=1S/C13H8ClF4NO3S/c14-11-6-8(15)4-5-12(11)19-23(20,21)10-3-1-2-9(7-10)22-13(16,17)18/h1-7,19H. The number of hydrogen-bond acceptors (Lipinski definition) is 3. The van der Waals surface area contributed by atoms with E-state index in [2.05, 4.69) is 9.46 Å². The van der Waals surface area contributed by atoms with Gasteiger partial charge in [-0.15, -0.1) is 13.2 Å². The Hall–Kier alpha value is -2.00. The molecule has 2 aromatic carbocycles. The molecule has 0 atom stereocenters. The molecule has 0 aliphatic rings. The number of ether oxygens (including phenoxy) is 1. The molecule has 10 heteroatoms. The van der Waals surface area contributed by atoms with Crippen LogP contribution in [0.4, 0.5) is 23.2 Å². The van der Waals surface area contributed by atoms with Gasteiger partial charge in [-0.1, -0.05) is 17.7 Å². The van der Waals surface area contributed by atoms with Gasteiger partial charge in [0.05, 0.1) is 15.6 Å². The van der Waals surface area contributed by atoms with Gasteiger partial charge in [-0.3, -0.25) is 4.72 Å². The second-order valence-electron chi connectivity index (χ2n) is 4.25. The largest absolute Gasteiger partial charge is 0.573 e. The summed E-state index contributed by atoms with van der Waals surface area (Å²) in [4.78, 5) is -0.473. The minimum absolute atomic E-state index is 0.116. The number of alkyl halides is 3. The predicted octanol–water partition coefficient (Wildman–Crippen LogP) is 4.18. The van der Waals surface area contributed by atoms with Crippen LogP contribution in [0.1, 0.15) is 0 Å². The Labute approximate surface area is 133 Å². The molecule has 0 aliphatic carbocycles. The van der Waals surface area contributed by atoms with E-state index in [4.69, 9.17) is 11.6 Å². The van der Waals surface area contributed by atoms with E-state index in [0.717, 1.165) is 36.4 Å². The van der Waals surface area contributed by atoms with Gasteiger partial charge in [0.1, 0.15) is 11.6 Å². The fourth-order valence-electron chi connectivity index (χ4n) is 1.61. The van der Waals surface area contributed by atoms with E-state index in [9.17, 15) is 26.0 Å². The quantitative estimate of drug-likeness (QED) is 0.823. The monoisotopic (exact) mass is 369 g/mol. The fraction of sp³-hybridized carbons (Fsp3) is 0.0769. The van der Waals surface area contributed by atoms with Gasteiger partial charge in [0.2, 0.25) is 0 Å². The fourth-order valence-corrected chi connectivity index (χ4v) is 3.00. The number of benzene rings is 2. The third-order valence-electron chi connectivity index (χ3n) is 2.52. The van der Waals surface area contributed by atoms with Crippen LogP contribution in [0, 0.1) is 5.82 Å². The van der Waals surface area contributed by atoms with Crippen LogP contribution < -0.4 is 9.46 Å². The van der Waals surface area contributed by atoms with E-state index in [1.165, 1.54) is 0 Å². The van der Waals surface area contributed by atoms with Gasteiger partial charge in [-0.25, -0.2) is 12.8 Å². The van der Waals surface area contributed by atoms with Crippen LogP contribution in [0.2, 0.25) is 5.02 Å². The van der Waals surface area contributed by atoms with Crippen LogP contribution in [-0.4, -0.2) is 14.8 Å². The molecule has 23 heavy (non-hydrogen) atoms. The second kappa shape index (κ2) is 6.25. The Kier molecular flexibility index (Phi) is 4.71. The van der Waals surface area contributed by atoms with Gasteiger partial charge < -0.3 is 4.74 Å². The number of halogens is 5. The molecule has 0 heterocycles. The Morgan fingerprint density at radius 2 is 1.78 bits per heavy atom. The number of hydrogen-bond donors (Lipinski definition) is 1. The van der Waals surface area contributed by atoms with Crippen molar-refractivity contribution in [3.8, 4) is 5.75 Å². The van der Waals surface area contributed by atoms with Gasteiger partial charge in [-0.2, -0.15) is 0 Å². The third-order valence-corrected chi connectivity index (χ3v) is 4.20. The van der Waals surface area contributed by atoms with Crippen molar-refractivity contribution in [2.75, 3.05) is 4.72 Å². The Morgan fingerprint density at radius 1 is 1.09 bits per heavy atom. The Bertz CT molecular complexity index is 824. The smallest absolute Gasteiger partial charge is 0.406 e. The van der Waals surface area contributed by atoms with Crippen molar-refractivity contribution in [1.82, 2.24) is 0 Å². The minimum atomic E-state index is -4.95. The molecule has 124 valence electrons. The first-order chi connectivity index (χ1) is 10.6. The molecule has 4 nitrogen and oxygen atoms in total. The molecule has 0 saturated carbocycles. The summed E-state index contributed by atoms with van der Waals surface area (Å²) in [7, 11) is -4.23. The topological polar surface area (TPSA) is 55.4 Å². The van der Waals surface area contributed by atoms with Gasteiger partial charge in [0.25, 0.3) is 10.0 Å². The predicted molar refractivity (Wildman–Crippen MR) is 75.3 cm³/mol. The molecule has 0 spiro atoms. The lowest BCUT2D eigenvalue weighted by molar-refractivity contribution is -0.274. The highest BCUT2D eigenvalue weighted by molar-refractivity contribution is 7.92. The van der Waals surface area contributed by atoms with E-state index < -0.39 is 32.8 Å². The maximum absolute atomic E-state index is 12.9. The normalized spacial score (nSPS) is 12.0. The lowest BCUT2D eigenvalue weighted by Gasteiger charge is -2.12. The average Bonchev–Trinajstić information content (AvgIpc) is 2.40. The number of nitrogens with one attached hydrogen (secondary N) is 1. The summed E-state index contributed by atoms with van der Waals surface area (Å²) in [5.74, 6) is -1.36. The van der Waals surface area contributed by atoms with Crippen LogP contribution in [-0.2, 0) is 10.0 Å². The van der Waals surface area contributed by atoms with E-state index in [1.54, 1.807) is 0 Å². The van der Waals surface area contributed by atoms with E-state index in [1.807, 2.05) is 0 Å². The molecule has 0 fully saturated rings. The highest BCUT2D eigenvalue weighted by atomic mass is 35.5. The molecule has 2 rings (SSSR count). The molecule has 0 unspecified atom stereocenters. The summed E-state index contributed by atoms with van der Waals surface area (Å²) in [6.45, 7) is 0. The molecular weight excluding hydrogens is 362 g/mol. The molecule has 0 bridgehead atoms. The van der Waals surface area contributed by atoms with Crippen molar-refractivity contribution in [2.24, 2.45) is 0 Å². The molecule has 0 amide bonds. The van der Waals surface area contributed by atoms with E-state index in [0.29, 0.717) is 6.07 Å². The molecule has 2 aromatic rings. The summed E-state index contributed by atoms with van der Waals surface area (Å²) >= 11 is 5.70. The zero-order valence-electron chi connectivity index (χ0n) is 11.1. The maximum Gasteiger partial charge on any atom is 0.573 e. The van der Waals surface area contributed by atoms with E-state index >= 15 is 0 Å². The lowest BCUT2D eigenvalue weighted by atomic mass is 10.3. The third kappa shape index (κ3) is 4.73. The summed E-state index contributed by atoms with van der Waals surface area (Å²) in [5, 5.41) is -0.198. The molecule has 1 N–H and O–H groups in total. The lowest BCUT2D eigenvalue weighted by Crippen LogP contribution is -2.18. The van der Waals surface area contributed by atoms with Crippen molar-refractivity contribution in [3.63, 3.8) is 0 Å². The van der Waals surface area contributed by atoms with Crippen molar-refractivity contribution in [1.29, 1.82) is 0 Å². The number of anilines is 1. The van der Waals surface area contributed by atoms with Crippen LogP contribution in [0.15, 0.2) is 47.4 Å². The van der Waals surface area contributed by atoms with Crippen LogP contribution in [0.25, 0.3) is 0 Å². The van der Waals surface area contributed by atoms with Crippen molar-refractivity contribution in [2.45, 2.75) is 11.3 Å². The zero-order valence-corrected chi connectivity index (χ0v) is 12.6. The van der Waals surface area contributed by atoms with Crippen LogP contribution in [0.3, 0.4) is 0 Å². The van der Waals surface area contributed by atoms with Crippen molar-refractivity contribution in [3.05, 3.63) is 53.3 Å². The van der Waals surface area contributed by atoms with Gasteiger partial charge in [-0.05, 0) is 30.3 Å². The molecule has 0 aliphatic heterocycles. The highest BCUT2D eigenvalue weighted by Crippen LogP contribution is 2.28. The van der Waals surface area contributed by atoms with Gasteiger partial charge in [0.15, 0.2) is 0 Å².